The van der Waals surface area contributed by atoms with Crippen molar-refractivity contribution in [3.63, 3.8) is 0 Å². The predicted octanol–water partition coefficient (Wildman–Crippen LogP) is 5.10. The SMILES string of the molecule is CC1=C(C(=O)Nc2ccccc2)[C@@H](c2ccc(Cl)cc2)n2c(s/c(=C/c3cn(CC(=O)N4CCCC4)c4ccccc34)c2=O)=N1. The largest absolute Gasteiger partial charge is 0.341 e. The molecule has 226 valence electrons. The number of nitrogens with zero attached hydrogens (tertiary/aromatic N) is 4. The summed E-state index contributed by atoms with van der Waals surface area (Å²) in [6, 6.07) is 23.6. The molecule has 0 radical (unpaired) electrons. The van der Waals surface area contributed by atoms with Gasteiger partial charge in [0.25, 0.3) is 11.5 Å². The lowest BCUT2D eigenvalue weighted by molar-refractivity contribution is -0.130. The molecule has 2 aliphatic heterocycles. The van der Waals surface area contributed by atoms with E-state index in [0.717, 1.165) is 48.0 Å². The normalized spacial score (nSPS) is 16.6. The van der Waals surface area contributed by atoms with E-state index in [1.54, 1.807) is 23.6 Å². The molecule has 3 aromatic carbocycles. The fourth-order valence-electron chi connectivity index (χ4n) is 6.17. The summed E-state index contributed by atoms with van der Waals surface area (Å²) in [7, 11) is 0. The summed E-state index contributed by atoms with van der Waals surface area (Å²) in [5, 5.41) is 4.48. The van der Waals surface area contributed by atoms with Crippen LogP contribution in [0.2, 0.25) is 5.02 Å². The highest BCUT2D eigenvalue weighted by molar-refractivity contribution is 7.07. The van der Waals surface area contributed by atoms with Crippen LogP contribution in [0.4, 0.5) is 5.69 Å². The molecule has 45 heavy (non-hydrogen) atoms. The maximum atomic E-state index is 14.2. The summed E-state index contributed by atoms with van der Waals surface area (Å²) in [6.45, 7) is 3.63. The lowest BCUT2D eigenvalue weighted by atomic mass is 9.95. The van der Waals surface area contributed by atoms with E-state index in [9.17, 15) is 14.4 Å². The first kappa shape index (κ1) is 29.0. The predicted molar refractivity (Wildman–Crippen MR) is 178 cm³/mol. The van der Waals surface area contributed by atoms with Crippen molar-refractivity contribution >= 4 is 57.4 Å². The number of rotatable bonds is 6. The minimum atomic E-state index is -0.705. The molecule has 0 saturated carbocycles. The Morgan fingerprint density at radius 2 is 1.71 bits per heavy atom. The third-order valence-corrected chi connectivity index (χ3v) is 9.59. The van der Waals surface area contributed by atoms with Gasteiger partial charge < -0.3 is 14.8 Å². The van der Waals surface area contributed by atoms with E-state index in [1.165, 1.54) is 11.3 Å². The van der Waals surface area contributed by atoms with Gasteiger partial charge in [-0.05, 0) is 61.7 Å². The van der Waals surface area contributed by atoms with Crippen LogP contribution in [0.1, 0.15) is 36.9 Å². The number of hydrogen-bond donors (Lipinski definition) is 1. The molecule has 0 spiro atoms. The van der Waals surface area contributed by atoms with Crippen LogP contribution in [0, 0.1) is 0 Å². The van der Waals surface area contributed by atoms with Crippen molar-refractivity contribution in [1.29, 1.82) is 0 Å². The number of para-hydroxylation sites is 2. The Morgan fingerprint density at radius 3 is 2.47 bits per heavy atom. The Kier molecular flexibility index (Phi) is 7.73. The fourth-order valence-corrected chi connectivity index (χ4v) is 7.33. The molecule has 2 aliphatic rings. The maximum absolute atomic E-state index is 14.2. The van der Waals surface area contributed by atoms with E-state index >= 15 is 0 Å². The van der Waals surface area contributed by atoms with Crippen molar-refractivity contribution < 1.29 is 9.59 Å². The van der Waals surface area contributed by atoms with Crippen molar-refractivity contribution in [1.82, 2.24) is 14.0 Å². The molecule has 1 saturated heterocycles. The molecule has 7 rings (SSSR count). The fraction of sp³-hybridized carbons (Fsp3) is 0.200. The number of aromatic nitrogens is 2. The van der Waals surface area contributed by atoms with Gasteiger partial charge in [0, 0.05) is 46.5 Å². The number of benzene rings is 3. The monoisotopic (exact) mass is 635 g/mol. The van der Waals surface area contributed by atoms with Gasteiger partial charge in [0.1, 0.15) is 6.54 Å². The van der Waals surface area contributed by atoms with Gasteiger partial charge in [-0.1, -0.05) is 71.5 Å². The minimum Gasteiger partial charge on any atom is -0.341 e. The lowest BCUT2D eigenvalue weighted by Gasteiger charge is -2.25. The summed E-state index contributed by atoms with van der Waals surface area (Å²) >= 11 is 7.51. The number of anilines is 1. The number of likely N-dealkylation sites (tertiary alicyclic amines) is 1. The zero-order chi connectivity index (χ0) is 31.1. The Bertz CT molecular complexity index is 2160. The van der Waals surface area contributed by atoms with Crippen LogP contribution in [0.3, 0.4) is 0 Å². The third-order valence-electron chi connectivity index (χ3n) is 8.35. The van der Waals surface area contributed by atoms with E-state index in [-0.39, 0.29) is 23.9 Å². The first-order valence-corrected chi connectivity index (χ1v) is 16.1. The molecule has 8 nitrogen and oxygen atoms in total. The summed E-state index contributed by atoms with van der Waals surface area (Å²) < 4.78 is 4.05. The molecule has 1 N–H and O–H groups in total. The van der Waals surface area contributed by atoms with Crippen LogP contribution < -0.4 is 20.2 Å². The summed E-state index contributed by atoms with van der Waals surface area (Å²) in [4.78, 5) is 48.2. The summed E-state index contributed by atoms with van der Waals surface area (Å²) in [5.41, 5.74) is 3.84. The maximum Gasteiger partial charge on any atom is 0.271 e. The third kappa shape index (κ3) is 5.54. The molecule has 1 atom stereocenters. The molecule has 4 heterocycles. The minimum absolute atomic E-state index is 0.0962. The second-order valence-electron chi connectivity index (χ2n) is 11.3. The van der Waals surface area contributed by atoms with E-state index < -0.39 is 6.04 Å². The van der Waals surface area contributed by atoms with Gasteiger partial charge in [-0.2, -0.15) is 0 Å². The van der Waals surface area contributed by atoms with Crippen LogP contribution in [0.15, 0.2) is 106 Å². The molecule has 10 heteroatoms. The number of carbonyl (C=O) groups is 2. The first-order chi connectivity index (χ1) is 21.9. The van der Waals surface area contributed by atoms with Crippen molar-refractivity contribution in [2.75, 3.05) is 18.4 Å². The Balaban J connectivity index is 1.33. The van der Waals surface area contributed by atoms with Gasteiger partial charge >= 0.3 is 0 Å². The van der Waals surface area contributed by atoms with Gasteiger partial charge in [0.05, 0.1) is 21.8 Å². The molecule has 0 aliphatic carbocycles. The molecule has 5 aromatic rings. The number of halogens is 1. The zero-order valence-corrected chi connectivity index (χ0v) is 26.1. The van der Waals surface area contributed by atoms with Crippen LogP contribution in [0.25, 0.3) is 17.0 Å². The molecular formula is C35H30ClN5O3S. The van der Waals surface area contributed by atoms with Crippen molar-refractivity contribution in [3.8, 4) is 0 Å². The van der Waals surface area contributed by atoms with Crippen LogP contribution in [-0.4, -0.2) is 38.9 Å². The summed E-state index contributed by atoms with van der Waals surface area (Å²) in [6.07, 6.45) is 5.88. The van der Waals surface area contributed by atoms with Crippen LogP contribution in [0.5, 0.6) is 0 Å². The van der Waals surface area contributed by atoms with Crippen molar-refractivity contribution in [3.05, 3.63) is 132 Å². The molecule has 0 unspecified atom stereocenters. The molecule has 2 aromatic heterocycles. The highest BCUT2D eigenvalue weighted by atomic mass is 35.5. The van der Waals surface area contributed by atoms with Gasteiger partial charge in [-0.25, -0.2) is 4.99 Å². The topological polar surface area (TPSA) is 88.7 Å². The molecule has 2 amide bonds. The average Bonchev–Trinajstić information content (AvgIpc) is 3.77. The number of carbonyl (C=O) groups excluding carboxylic acids is 2. The standard InChI is InChI=1S/C35H30ClN5O3S/c1-22-31(33(43)38-26-9-3-2-4-10-26)32(23-13-15-25(36)16-14-23)41-34(44)29(45-35(41)37-22)19-24-20-40(28-12-6-5-11-27(24)28)21-30(42)39-17-7-8-18-39/h2-6,9-16,19-20,32H,7-8,17-18,21H2,1H3,(H,38,43)/b29-19+/t32-/m1/s1. The highest BCUT2D eigenvalue weighted by Gasteiger charge is 2.32. The van der Waals surface area contributed by atoms with Crippen LogP contribution >= 0.6 is 22.9 Å². The molecular weight excluding hydrogens is 606 g/mol. The Morgan fingerprint density at radius 1 is 1.00 bits per heavy atom. The number of thiazole rings is 1. The molecule has 1 fully saturated rings. The second-order valence-corrected chi connectivity index (χ2v) is 12.7. The smallest absolute Gasteiger partial charge is 0.271 e. The van der Waals surface area contributed by atoms with E-state index in [2.05, 4.69) is 5.32 Å². The van der Waals surface area contributed by atoms with Crippen molar-refractivity contribution in [2.24, 2.45) is 4.99 Å². The second kappa shape index (κ2) is 12.0. The Labute approximate surface area is 268 Å². The lowest BCUT2D eigenvalue weighted by Crippen LogP contribution is -2.40. The number of amides is 2. The first-order valence-electron chi connectivity index (χ1n) is 14.9. The number of nitrogens with one attached hydrogen (secondary N) is 1. The Hall–Kier alpha value is -4.73. The van der Waals surface area contributed by atoms with Crippen molar-refractivity contribution in [2.45, 2.75) is 32.4 Å². The van der Waals surface area contributed by atoms with Gasteiger partial charge in [0.2, 0.25) is 5.91 Å². The van der Waals surface area contributed by atoms with E-state index in [0.29, 0.717) is 31.3 Å². The number of allylic oxidation sites excluding steroid dienone is 1. The van der Waals surface area contributed by atoms with E-state index in [4.69, 9.17) is 16.6 Å². The van der Waals surface area contributed by atoms with E-state index in [1.807, 2.05) is 88.5 Å². The summed E-state index contributed by atoms with van der Waals surface area (Å²) in [5.74, 6) is -0.235. The quantitative estimate of drug-likeness (QED) is 0.282. The zero-order valence-electron chi connectivity index (χ0n) is 24.6. The van der Waals surface area contributed by atoms with Gasteiger partial charge in [-0.3, -0.25) is 19.0 Å². The highest BCUT2D eigenvalue weighted by Crippen LogP contribution is 2.31. The number of fused-ring (bicyclic) bond motifs is 2. The average molecular weight is 636 g/mol. The van der Waals surface area contributed by atoms with Gasteiger partial charge in [0.15, 0.2) is 4.80 Å². The van der Waals surface area contributed by atoms with Crippen LogP contribution in [-0.2, 0) is 16.1 Å². The van der Waals surface area contributed by atoms with Gasteiger partial charge in [-0.15, -0.1) is 0 Å². The number of hydrogen-bond acceptors (Lipinski definition) is 5. The molecule has 0 bridgehead atoms.